The minimum atomic E-state index is -3.16. The maximum absolute atomic E-state index is 11.9. The number of hydrogen-bond acceptors (Lipinski definition) is 3. The van der Waals surface area contributed by atoms with E-state index in [1.807, 2.05) is 18.3 Å². The van der Waals surface area contributed by atoms with E-state index in [2.05, 4.69) is 4.57 Å². The molecule has 1 aromatic heterocycles. The summed E-state index contributed by atoms with van der Waals surface area (Å²) in [6, 6.07) is 3.99. The lowest BCUT2D eigenvalue weighted by Crippen LogP contribution is -2.33. The van der Waals surface area contributed by atoms with Crippen molar-refractivity contribution in [1.82, 2.24) is 8.87 Å². The highest BCUT2D eigenvalue weighted by Crippen LogP contribution is 2.29. The molecular formula is C15H24N2O3S. The van der Waals surface area contributed by atoms with E-state index in [4.69, 9.17) is 4.74 Å². The Kier molecular flexibility index (Phi) is 4.38. The Morgan fingerprint density at radius 1 is 1.29 bits per heavy atom. The predicted molar refractivity (Wildman–Crippen MR) is 81.3 cm³/mol. The van der Waals surface area contributed by atoms with Crippen molar-refractivity contribution in [3.8, 4) is 0 Å². The van der Waals surface area contributed by atoms with Gasteiger partial charge in [0.05, 0.1) is 12.8 Å². The van der Waals surface area contributed by atoms with Crippen LogP contribution in [-0.2, 0) is 27.8 Å². The number of fused-ring (bicyclic) bond motifs is 1. The summed E-state index contributed by atoms with van der Waals surface area (Å²) in [5, 5.41) is 0. The van der Waals surface area contributed by atoms with Crippen molar-refractivity contribution in [2.75, 3.05) is 26.0 Å². The molecule has 6 heteroatoms. The molecule has 21 heavy (non-hydrogen) atoms. The number of rotatable bonds is 6. The Balaban J connectivity index is 1.62. The van der Waals surface area contributed by atoms with Crippen molar-refractivity contribution in [3.63, 3.8) is 0 Å². The lowest BCUT2D eigenvalue weighted by molar-refractivity contribution is 0.106. The Morgan fingerprint density at radius 2 is 2.10 bits per heavy atom. The van der Waals surface area contributed by atoms with Crippen LogP contribution in [0.1, 0.15) is 25.0 Å². The van der Waals surface area contributed by atoms with Crippen LogP contribution >= 0.6 is 0 Å². The van der Waals surface area contributed by atoms with Crippen LogP contribution in [0, 0.1) is 11.8 Å². The molecule has 0 radical (unpaired) electrons. The van der Waals surface area contributed by atoms with Crippen molar-refractivity contribution in [2.24, 2.45) is 11.8 Å². The van der Waals surface area contributed by atoms with Crippen molar-refractivity contribution < 1.29 is 13.2 Å². The quantitative estimate of drug-likeness (QED) is 0.751. The minimum Gasteiger partial charge on any atom is -0.381 e. The van der Waals surface area contributed by atoms with Gasteiger partial charge in [-0.1, -0.05) is 0 Å². The third-order valence-corrected chi connectivity index (χ3v) is 5.58. The van der Waals surface area contributed by atoms with Crippen molar-refractivity contribution in [1.29, 1.82) is 0 Å². The molecule has 118 valence electrons. The van der Waals surface area contributed by atoms with Crippen molar-refractivity contribution >= 4 is 10.0 Å². The van der Waals surface area contributed by atoms with Crippen LogP contribution in [0.15, 0.2) is 18.3 Å². The van der Waals surface area contributed by atoms with Gasteiger partial charge in [0.2, 0.25) is 10.0 Å². The largest absolute Gasteiger partial charge is 0.381 e. The molecule has 0 unspecified atom stereocenters. The molecule has 2 heterocycles. The average Bonchev–Trinajstić information content (AvgIpc) is 3.17. The number of hydrogen-bond donors (Lipinski definition) is 0. The van der Waals surface area contributed by atoms with Crippen LogP contribution in [0.2, 0.25) is 0 Å². The number of sulfonamides is 1. The zero-order chi connectivity index (χ0) is 14.9. The summed E-state index contributed by atoms with van der Waals surface area (Å²) >= 11 is 0. The topological polar surface area (TPSA) is 51.5 Å². The number of aromatic nitrogens is 1. The first kappa shape index (κ1) is 15.1. The molecule has 1 aromatic rings. The molecule has 1 saturated carbocycles. The summed E-state index contributed by atoms with van der Waals surface area (Å²) in [5.74, 6) is 1.09. The van der Waals surface area contributed by atoms with E-state index in [1.54, 1.807) is 4.31 Å². The zero-order valence-electron chi connectivity index (χ0n) is 12.6. The lowest BCUT2D eigenvalue weighted by Gasteiger charge is -2.21. The Morgan fingerprint density at radius 3 is 2.81 bits per heavy atom. The number of nitrogens with zero attached hydrogens (tertiary/aromatic N) is 2. The molecule has 0 saturated heterocycles. The first-order valence-electron chi connectivity index (χ1n) is 7.69. The van der Waals surface area contributed by atoms with Gasteiger partial charge < -0.3 is 9.30 Å². The molecule has 0 amide bonds. The fourth-order valence-corrected chi connectivity index (χ4v) is 3.71. The van der Waals surface area contributed by atoms with Gasteiger partial charge in [-0.05, 0) is 43.2 Å². The SMILES string of the molecule is CS(=O)(=O)N1Cc2cccn2C[C@@H](CCOCC2CC2)C1. The van der Waals surface area contributed by atoms with E-state index in [9.17, 15) is 8.42 Å². The van der Waals surface area contributed by atoms with Gasteiger partial charge >= 0.3 is 0 Å². The van der Waals surface area contributed by atoms with E-state index in [0.717, 1.165) is 37.8 Å². The summed E-state index contributed by atoms with van der Waals surface area (Å²) in [4.78, 5) is 0. The summed E-state index contributed by atoms with van der Waals surface area (Å²) in [6.45, 7) is 3.55. The van der Waals surface area contributed by atoms with Crippen LogP contribution in [0.4, 0.5) is 0 Å². The van der Waals surface area contributed by atoms with Crippen LogP contribution in [0.5, 0.6) is 0 Å². The molecule has 1 aliphatic carbocycles. The first-order chi connectivity index (χ1) is 10.0. The molecule has 3 rings (SSSR count). The van der Waals surface area contributed by atoms with Gasteiger partial charge in [-0.3, -0.25) is 0 Å². The van der Waals surface area contributed by atoms with Gasteiger partial charge in [-0.25, -0.2) is 8.42 Å². The third-order valence-electron chi connectivity index (χ3n) is 4.37. The molecule has 5 nitrogen and oxygen atoms in total. The van der Waals surface area contributed by atoms with Crippen LogP contribution in [0.25, 0.3) is 0 Å². The van der Waals surface area contributed by atoms with Crippen LogP contribution in [0.3, 0.4) is 0 Å². The fourth-order valence-electron chi connectivity index (χ4n) is 2.86. The fraction of sp³-hybridized carbons (Fsp3) is 0.733. The summed E-state index contributed by atoms with van der Waals surface area (Å²) in [7, 11) is -3.16. The molecular weight excluding hydrogens is 288 g/mol. The zero-order valence-corrected chi connectivity index (χ0v) is 13.4. The highest BCUT2D eigenvalue weighted by Gasteiger charge is 2.27. The van der Waals surface area contributed by atoms with Gasteiger partial charge in [0.25, 0.3) is 0 Å². The standard InChI is InChI=1S/C15H24N2O3S/c1-21(18,19)17-10-14(6-8-20-12-13-4-5-13)9-16-7-2-3-15(16)11-17/h2-3,7,13-14H,4-6,8-12H2,1H3/t14-/m1/s1. The van der Waals surface area contributed by atoms with Gasteiger partial charge in [0.15, 0.2) is 0 Å². The molecule has 1 atom stereocenters. The molecule has 0 N–H and O–H groups in total. The Hall–Kier alpha value is -0.850. The molecule has 0 aromatic carbocycles. The second-order valence-corrected chi connectivity index (χ2v) is 8.36. The van der Waals surface area contributed by atoms with Crippen molar-refractivity contribution in [3.05, 3.63) is 24.0 Å². The second kappa shape index (κ2) is 6.10. The lowest BCUT2D eigenvalue weighted by atomic mass is 10.1. The maximum Gasteiger partial charge on any atom is 0.211 e. The normalized spacial score (nSPS) is 23.8. The van der Waals surface area contributed by atoms with Crippen LogP contribution < -0.4 is 0 Å². The molecule has 2 aliphatic rings. The molecule has 1 aliphatic heterocycles. The number of ether oxygens (including phenoxy) is 1. The smallest absolute Gasteiger partial charge is 0.211 e. The Labute approximate surface area is 126 Å². The minimum absolute atomic E-state index is 0.313. The van der Waals surface area contributed by atoms with E-state index in [1.165, 1.54) is 19.1 Å². The average molecular weight is 312 g/mol. The monoisotopic (exact) mass is 312 g/mol. The predicted octanol–water partition coefficient (Wildman–Crippen LogP) is 1.70. The van der Waals surface area contributed by atoms with E-state index >= 15 is 0 Å². The molecule has 0 spiro atoms. The van der Waals surface area contributed by atoms with E-state index in [-0.39, 0.29) is 0 Å². The van der Waals surface area contributed by atoms with Gasteiger partial charge in [0, 0.05) is 38.2 Å². The highest BCUT2D eigenvalue weighted by atomic mass is 32.2. The third kappa shape index (κ3) is 4.08. The summed E-state index contributed by atoms with van der Waals surface area (Å²) < 4.78 is 33.3. The molecule has 0 bridgehead atoms. The van der Waals surface area contributed by atoms with E-state index < -0.39 is 10.0 Å². The van der Waals surface area contributed by atoms with Crippen molar-refractivity contribution in [2.45, 2.75) is 32.4 Å². The summed E-state index contributed by atoms with van der Waals surface area (Å²) in [5.41, 5.74) is 1.07. The summed E-state index contributed by atoms with van der Waals surface area (Å²) in [6.07, 6.45) is 6.86. The molecule has 1 fully saturated rings. The van der Waals surface area contributed by atoms with Gasteiger partial charge in [0.1, 0.15) is 0 Å². The van der Waals surface area contributed by atoms with E-state index in [0.29, 0.717) is 19.0 Å². The van der Waals surface area contributed by atoms with Crippen LogP contribution in [-0.4, -0.2) is 43.3 Å². The van der Waals surface area contributed by atoms with Gasteiger partial charge in [-0.15, -0.1) is 0 Å². The Bertz CT molecular complexity index is 577. The highest BCUT2D eigenvalue weighted by molar-refractivity contribution is 7.88. The second-order valence-electron chi connectivity index (χ2n) is 6.38. The maximum atomic E-state index is 11.9. The first-order valence-corrected chi connectivity index (χ1v) is 9.54. The van der Waals surface area contributed by atoms with Gasteiger partial charge in [-0.2, -0.15) is 4.31 Å².